The summed E-state index contributed by atoms with van der Waals surface area (Å²) in [5.41, 5.74) is 5.42. The van der Waals surface area contributed by atoms with Crippen molar-refractivity contribution in [2.75, 3.05) is 13.2 Å². The summed E-state index contributed by atoms with van der Waals surface area (Å²) >= 11 is 0. The fraction of sp³-hybridized carbons (Fsp3) is 0.500. The minimum Gasteiger partial charge on any atom is -0.486 e. The van der Waals surface area contributed by atoms with Crippen molar-refractivity contribution in [2.45, 2.75) is 6.23 Å². The van der Waals surface area contributed by atoms with E-state index in [1.54, 1.807) is 0 Å². The number of amidine groups is 1. The summed E-state index contributed by atoms with van der Waals surface area (Å²) in [7, 11) is 0. The van der Waals surface area contributed by atoms with E-state index in [0.717, 1.165) is 0 Å². The van der Waals surface area contributed by atoms with Crippen molar-refractivity contribution in [1.29, 1.82) is 0 Å². The van der Waals surface area contributed by atoms with Crippen LogP contribution in [-0.2, 0) is 9.47 Å². The second kappa shape index (κ2) is 2.79. The molecule has 0 aromatic heterocycles. The van der Waals surface area contributed by atoms with Gasteiger partial charge in [0.05, 0.1) is 0 Å². The van der Waals surface area contributed by atoms with E-state index in [1.165, 1.54) is 0 Å². The highest BCUT2D eigenvalue weighted by atomic mass is 16.6. The molecule has 2 aliphatic rings. The summed E-state index contributed by atoms with van der Waals surface area (Å²) in [6.07, 6.45) is -1.34. The number of rotatable bonds is 0. The number of hydrogen-bond donors (Lipinski definition) is 3. The summed E-state index contributed by atoms with van der Waals surface area (Å²) in [5, 5.41) is 22.1. The van der Waals surface area contributed by atoms with Crippen LogP contribution in [-0.4, -0.2) is 40.8 Å². The standard InChI is InChI=1S/C6H9N3O4/c7-5-3-4(13-2-1-12-3)6(10)9(11)8-5/h6,10-11H,1-2H2,(H2,7,8). The molecule has 1 atom stereocenters. The predicted octanol–water partition coefficient (Wildman–Crippen LogP) is -1.46. The zero-order valence-corrected chi connectivity index (χ0v) is 6.67. The van der Waals surface area contributed by atoms with E-state index in [4.69, 9.17) is 20.4 Å². The molecule has 72 valence electrons. The van der Waals surface area contributed by atoms with Gasteiger partial charge in [0.2, 0.25) is 12.0 Å². The molecule has 0 bridgehead atoms. The van der Waals surface area contributed by atoms with E-state index in [9.17, 15) is 5.11 Å². The Hall–Kier alpha value is -1.47. The average Bonchev–Trinajstić information content (AvgIpc) is 2.15. The van der Waals surface area contributed by atoms with Crippen molar-refractivity contribution in [1.82, 2.24) is 5.17 Å². The van der Waals surface area contributed by atoms with Crippen LogP contribution in [0, 0.1) is 0 Å². The van der Waals surface area contributed by atoms with E-state index < -0.39 is 6.23 Å². The molecule has 0 saturated heterocycles. The molecule has 0 fully saturated rings. The van der Waals surface area contributed by atoms with Gasteiger partial charge in [0.1, 0.15) is 13.2 Å². The highest BCUT2D eigenvalue weighted by molar-refractivity contribution is 5.96. The normalized spacial score (nSPS) is 27.4. The molecule has 13 heavy (non-hydrogen) atoms. The largest absolute Gasteiger partial charge is 0.486 e. The molecule has 0 amide bonds. The molecule has 0 saturated carbocycles. The Morgan fingerprint density at radius 3 is 2.92 bits per heavy atom. The van der Waals surface area contributed by atoms with Gasteiger partial charge in [-0.05, 0) is 0 Å². The third-order valence-electron chi connectivity index (χ3n) is 1.71. The number of hydrogen-bond acceptors (Lipinski definition) is 7. The molecule has 2 heterocycles. The zero-order chi connectivity index (χ0) is 9.42. The topological polar surface area (TPSA) is 101 Å². The maximum atomic E-state index is 9.34. The molecule has 0 aromatic carbocycles. The van der Waals surface area contributed by atoms with Crippen molar-refractivity contribution >= 4 is 5.84 Å². The molecular weight excluding hydrogens is 178 g/mol. The summed E-state index contributed by atoms with van der Waals surface area (Å²) < 4.78 is 10.2. The Morgan fingerprint density at radius 1 is 1.46 bits per heavy atom. The fourth-order valence-corrected chi connectivity index (χ4v) is 1.14. The third kappa shape index (κ3) is 1.18. The lowest BCUT2D eigenvalue weighted by molar-refractivity contribution is -0.202. The van der Waals surface area contributed by atoms with Crippen LogP contribution in [0.1, 0.15) is 0 Å². The van der Waals surface area contributed by atoms with Crippen LogP contribution >= 0.6 is 0 Å². The highest BCUT2D eigenvalue weighted by Crippen LogP contribution is 2.22. The molecule has 0 spiro atoms. The first-order chi connectivity index (χ1) is 6.20. The smallest absolute Gasteiger partial charge is 0.232 e. The van der Waals surface area contributed by atoms with Crippen LogP contribution < -0.4 is 5.73 Å². The van der Waals surface area contributed by atoms with Crippen LogP contribution in [0.3, 0.4) is 0 Å². The van der Waals surface area contributed by atoms with Crippen LogP contribution in [0.25, 0.3) is 0 Å². The van der Waals surface area contributed by atoms with E-state index in [-0.39, 0.29) is 17.4 Å². The number of hydroxylamine groups is 1. The Balaban J connectivity index is 2.37. The van der Waals surface area contributed by atoms with Gasteiger partial charge in [-0.25, -0.2) is 0 Å². The van der Waals surface area contributed by atoms with E-state index >= 15 is 0 Å². The lowest BCUT2D eigenvalue weighted by Crippen LogP contribution is -2.42. The number of aliphatic hydroxyl groups excluding tert-OH is 1. The SMILES string of the molecule is NC1=NN(O)C(O)C2=C1OCCO2. The molecule has 2 rings (SSSR count). The molecule has 4 N–H and O–H groups in total. The quantitative estimate of drug-likeness (QED) is 0.428. The summed E-state index contributed by atoms with van der Waals surface area (Å²) in [5.74, 6) is 0.285. The summed E-state index contributed by atoms with van der Waals surface area (Å²) in [6.45, 7) is 0.671. The van der Waals surface area contributed by atoms with Crippen LogP contribution in [0.15, 0.2) is 16.6 Å². The Bertz CT molecular complexity index is 288. The molecule has 1 unspecified atom stereocenters. The summed E-state index contributed by atoms with van der Waals surface area (Å²) in [6, 6.07) is 0. The van der Waals surface area contributed by atoms with Gasteiger partial charge < -0.3 is 20.3 Å². The molecule has 7 nitrogen and oxygen atoms in total. The minimum absolute atomic E-state index is 0.0116. The number of nitrogens with two attached hydrogens (primary N) is 1. The van der Waals surface area contributed by atoms with Crippen molar-refractivity contribution in [3.8, 4) is 0 Å². The highest BCUT2D eigenvalue weighted by Gasteiger charge is 2.33. The molecule has 2 aliphatic heterocycles. The molecule has 0 radical (unpaired) electrons. The number of hydrazone groups is 1. The van der Waals surface area contributed by atoms with E-state index in [1.807, 2.05) is 0 Å². The zero-order valence-electron chi connectivity index (χ0n) is 6.67. The minimum atomic E-state index is -1.34. The first-order valence-electron chi connectivity index (χ1n) is 3.70. The van der Waals surface area contributed by atoms with Gasteiger partial charge in [0.25, 0.3) is 0 Å². The Labute approximate surface area is 73.6 Å². The second-order valence-electron chi connectivity index (χ2n) is 2.57. The van der Waals surface area contributed by atoms with Gasteiger partial charge in [-0.1, -0.05) is 0 Å². The monoisotopic (exact) mass is 187 g/mol. The number of aliphatic hydroxyl groups is 1. The maximum Gasteiger partial charge on any atom is 0.232 e. The first-order valence-corrected chi connectivity index (χ1v) is 3.70. The number of ether oxygens (including phenoxy) is 2. The summed E-state index contributed by atoms with van der Waals surface area (Å²) in [4.78, 5) is 0. The van der Waals surface area contributed by atoms with Crippen LogP contribution in [0.2, 0.25) is 0 Å². The maximum absolute atomic E-state index is 9.34. The lowest BCUT2D eigenvalue weighted by atomic mass is 10.3. The van der Waals surface area contributed by atoms with Crippen molar-refractivity contribution in [3.05, 3.63) is 11.5 Å². The molecule has 0 aliphatic carbocycles. The van der Waals surface area contributed by atoms with Crippen molar-refractivity contribution in [3.63, 3.8) is 0 Å². The predicted molar refractivity (Wildman–Crippen MR) is 40.2 cm³/mol. The van der Waals surface area contributed by atoms with Gasteiger partial charge in [-0.3, -0.25) is 5.21 Å². The van der Waals surface area contributed by atoms with E-state index in [0.29, 0.717) is 18.4 Å². The Morgan fingerprint density at radius 2 is 2.15 bits per heavy atom. The molecule has 7 heteroatoms. The fourth-order valence-electron chi connectivity index (χ4n) is 1.14. The number of nitrogens with zero attached hydrogens (tertiary/aromatic N) is 2. The van der Waals surface area contributed by atoms with Gasteiger partial charge in [0.15, 0.2) is 11.6 Å². The van der Waals surface area contributed by atoms with Gasteiger partial charge in [-0.2, -0.15) is 0 Å². The Kier molecular flexibility index (Phi) is 1.74. The third-order valence-corrected chi connectivity index (χ3v) is 1.71. The lowest BCUT2D eigenvalue weighted by Gasteiger charge is -2.30. The van der Waals surface area contributed by atoms with Gasteiger partial charge in [-0.15, -0.1) is 10.3 Å². The van der Waals surface area contributed by atoms with Gasteiger partial charge >= 0.3 is 0 Å². The van der Waals surface area contributed by atoms with Gasteiger partial charge in [0, 0.05) is 0 Å². The van der Waals surface area contributed by atoms with Crippen molar-refractivity contribution < 1.29 is 19.8 Å². The second-order valence-corrected chi connectivity index (χ2v) is 2.57. The molecular formula is C6H9N3O4. The van der Waals surface area contributed by atoms with Crippen molar-refractivity contribution in [2.24, 2.45) is 10.8 Å². The molecule has 0 aromatic rings. The van der Waals surface area contributed by atoms with Crippen LogP contribution in [0.4, 0.5) is 0 Å². The first kappa shape index (κ1) is 8.14. The van der Waals surface area contributed by atoms with Crippen LogP contribution in [0.5, 0.6) is 0 Å². The average molecular weight is 187 g/mol. The van der Waals surface area contributed by atoms with E-state index in [2.05, 4.69) is 5.10 Å².